The van der Waals surface area contributed by atoms with Crippen LogP contribution in [0.1, 0.15) is 39.9 Å². The largest absolute Gasteiger partial charge is 0.357 e. The van der Waals surface area contributed by atoms with Gasteiger partial charge in [-0.2, -0.15) is 4.37 Å². The fourth-order valence-electron chi connectivity index (χ4n) is 1.27. The van der Waals surface area contributed by atoms with Crippen LogP contribution in [0.2, 0.25) is 0 Å². The van der Waals surface area contributed by atoms with E-state index in [9.17, 15) is 0 Å². The summed E-state index contributed by atoms with van der Waals surface area (Å²) in [6.45, 7) is 8.67. The highest BCUT2D eigenvalue weighted by Gasteiger charge is 2.33. The number of nitrogens with one attached hydrogen (secondary N) is 1. The molecule has 0 spiro atoms. The lowest BCUT2D eigenvalue weighted by atomic mass is 9.96. The first kappa shape index (κ1) is 9.90. The fourth-order valence-corrected chi connectivity index (χ4v) is 2.09. The van der Waals surface area contributed by atoms with Crippen LogP contribution >= 0.6 is 11.5 Å². The first-order chi connectivity index (χ1) is 6.47. The molecule has 1 heterocycles. The van der Waals surface area contributed by atoms with Crippen LogP contribution in [0.3, 0.4) is 0 Å². The second kappa shape index (κ2) is 3.19. The summed E-state index contributed by atoms with van der Waals surface area (Å²) in [5.41, 5.74) is 0.0611. The first-order valence-corrected chi connectivity index (χ1v) is 5.85. The second-order valence-electron chi connectivity index (χ2n) is 5.14. The van der Waals surface area contributed by atoms with Crippen LogP contribution in [0, 0.1) is 5.92 Å². The lowest BCUT2D eigenvalue weighted by molar-refractivity contribution is 0.555. The van der Waals surface area contributed by atoms with E-state index in [1.54, 1.807) is 0 Å². The van der Waals surface area contributed by atoms with Crippen molar-refractivity contribution < 1.29 is 0 Å². The van der Waals surface area contributed by atoms with E-state index in [2.05, 4.69) is 42.4 Å². The molecular weight excluding hydrogens is 194 g/mol. The monoisotopic (exact) mass is 211 g/mol. The van der Waals surface area contributed by atoms with E-state index in [4.69, 9.17) is 0 Å². The van der Waals surface area contributed by atoms with Crippen LogP contribution in [0.4, 0.5) is 5.13 Å². The highest BCUT2D eigenvalue weighted by Crippen LogP contribution is 2.33. The zero-order valence-corrected chi connectivity index (χ0v) is 9.98. The normalized spacial score (nSPS) is 26.3. The van der Waals surface area contributed by atoms with E-state index in [0.717, 1.165) is 16.9 Å². The minimum atomic E-state index is 0.0611. The van der Waals surface area contributed by atoms with Crippen LogP contribution in [0.5, 0.6) is 0 Å². The van der Waals surface area contributed by atoms with Gasteiger partial charge < -0.3 is 5.32 Å². The molecule has 1 fully saturated rings. The van der Waals surface area contributed by atoms with E-state index < -0.39 is 0 Å². The third-order valence-corrected chi connectivity index (χ3v) is 3.16. The molecule has 1 aromatic rings. The van der Waals surface area contributed by atoms with Crippen molar-refractivity contribution in [2.45, 2.75) is 45.6 Å². The lowest BCUT2D eigenvalue weighted by Gasteiger charge is -2.12. The van der Waals surface area contributed by atoms with E-state index in [0.29, 0.717) is 6.04 Å². The maximum atomic E-state index is 4.49. The van der Waals surface area contributed by atoms with Crippen molar-refractivity contribution in [2.75, 3.05) is 5.32 Å². The Kier molecular flexibility index (Phi) is 2.26. The van der Waals surface area contributed by atoms with E-state index in [1.165, 1.54) is 18.0 Å². The molecule has 1 aliphatic rings. The second-order valence-corrected chi connectivity index (χ2v) is 5.89. The molecule has 0 aromatic carbocycles. The van der Waals surface area contributed by atoms with Crippen LogP contribution in [0.25, 0.3) is 0 Å². The van der Waals surface area contributed by atoms with Gasteiger partial charge in [-0.1, -0.05) is 27.7 Å². The first-order valence-electron chi connectivity index (χ1n) is 5.07. The average molecular weight is 211 g/mol. The summed E-state index contributed by atoms with van der Waals surface area (Å²) in [4.78, 5) is 4.49. The van der Waals surface area contributed by atoms with Crippen molar-refractivity contribution in [1.29, 1.82) is 0 Å². The van der Waals surface area contributed by atoms with Gasteiger partial charge in [0, 0.05) is 23.0 Å². The van der Waals surface area contributed by atoms with Gasteiger partial charge in [0.05, 0.1) is 0 Å². The van der Waals surface area contributed by atoms with Crippen molar-refractivity contribution in [3.05, 3.63) is 5.82 Å². The summed E-state index contributed by atoms with van der Waals surface area (Å²) < 4.78 is 4.36. The molecular formula is C10H17N3S. The summed E-state index contributed by atoms with van der Waals surface area (Å²) in [5.74, 6) is 1.75. The summed E-state index contributed by atoms with van der Waals surface area (Å²) in [6, 6.07) is 0.635. The van der Waals surface area contributed by atoms with Gasteiger partial charge in [0.1, 0.15) is 5.82 Å². The maximum absolute atomic E-state index is 4.49. The molecule has 1 N–H and O–H groups in total. The van der Waals surface area contributed by atoms with E-state index in [1.807, 2.05) is 0 Å². The molecule has 0 radical (unpaired) electrons. The Balaban J connectivity index is 2.03. The van der Waals surface area contributed by atoms with Crippen LogP contribution < -0.4 is 5.32 Å². The van der Waals surface area contributed by atoms with Crippen LogP contribution in [-0.4, -0.2) is 15.4 Å². The maximum Gasteiger partial charge on any atom is 0.202 e. The molecule has 2 atom stereocenters. The Bertz CT molecular complexity index is 326. The molecule has 3 nitrogen and oxygen atoms in total. The van der Waals surface area contributed by atoms with Gasteiger partial charge in [0.25, 0.3) is 0 Å². The predicted molar refractivity (Wildman–Crippen MR) is 59.8 cm³/mol. The Morgan fingerprint density at radius 1 is 1.43 bits per heavy atom. The number of aromatic nitrogens is 2. The summed E-state index contributed by atoms with van der Waals surface area (Å²) in [5, 5.41) is 4.38. The molecule has 0 aliphatic heterocycles. The number of hydrogen-bond donors (Lipinski definition) is 1. The SMILES string of the molecule is CC1CC1Nc1nc(C(C)(C)C)ns1. The molecule has 1 saturated carbocycles. The molecule has 0 amide bonds. The molecule has 14 heavy (non-hydrogen) atoms. The average Bonchev–Trinajstić information content (AvgIpc) is 2.60. The fraction of sp³-hybridized carbons (Fsp3) is 0.800. The molecule has 2 unspecified atom stereocenters. The van der Waals surface area contributed by atoms with E-state index >= 15 is 0 Å². The highest BCUT2D eigenvalue weighted by molar-refractivity contribution is 7.09. The van der Waals surface area contributed by atoms with Gasteiger partial charge in [-0.3, -0.25) is 0 Å². The van der Waals surface area contributed by atoms with Gasteiger partial charge in [0.15, 0.2) is 0 Å². The third kappa shape index (κ3) is 2.05. The summed E-state index contributed by atoms with van der Waals surface area (Å²) in [7, 11) is 0. The summed E-state index contributed by atoms with van der Waals surface area (Å²) >= 11 is 1.47. The zero-order chi connectivity index (χ0) is 10.3. The molecule has 0 bridgehead atoms. The number of hydrogen-bond acceptors (Lipinski definition) is 4. The van der Waals surface area contributed by atoms with Crippen molar-refractivity contribution in [3.63, 3.8) is 0 Å². The highest BCUT2D eigenvalue weighted by atomic mass is 32.1. The molecule has 4 heteroatoms. The molecule has 78 valence electrons. The Hall–Kier alpha value is -0.640. The standard InChI is InChI=1S/C10H17N3S/c1-6-5-7(6)11-9-12-8(13-14-9)10(2,3)4/h6-7H,5H2,1-4H3,(H,11,12,13). The van der Waals surface area contributed by atoms with Gasteiger partial charge in [-0.05, 0) is 12.3 Å². The minimum absolute atomic E-state index is 0.0611. The molecule has 1 aromatic heterocycles. The van der Waals surface area contributed by atoms with Crippen molar-refractivity contribution in [2.24, 2.45) is 5.92 Å². The smallest absolute Gasteiger partial charge is 0.202 e. The van der Waals surface area contributed by atoms with Crippen LogP contribution in [0.15, 0.2) is 0 Å². The van der Waals surface area contributed by atoms with Crippen molar-refractivity contribution in [3.8, 4) is 0 Å². The van der Waals surface area contributed by atoms with Gasteiger partial charge >= 0.3 is 0 Å². The third-order valence-electron chi connectivity index (χ3n) is 2.52. The lowest BCUT2D eigenvalue weighted by Crippen LogP contribution is -2.13. The molecule has 1 aliphatic carbocycles. The number of anilines is 1. The quantitative estimate of drug-likeness (QED) is 0.817. The Morgan fingerprint density at radius 3 is 2.50 bits per heavy atom. The zero-order valence-electron chi connectivity index (χ0n) is 9.16. The van der Waals surface area contributed by atoms with Gasteiger partial charge in [-0.15, -0.1) is 0 Å². The molecule has 2 rings (SSSR count). The minimum Gasteiger partial charge on any atom is -0.357 e. The van der Waals surface area contributed by atoms with Crippen LogP contribution in [-0.2, 0) is 5.41 Å². The molecule has 0 saturated heterocycles. The number of rotatable bonds is 2. The van der Waals surface area contributed by atoms with Crippen molar-refractivity contribution >= 4 is 16.7 Å². The Morgan fingerprint density at radius 2 is 2.07 bits per heavy atom. The van der Waals surface area contributed by atoms with Crippen molar-refractivity contribution in [1.82, 2.24) is 9.36 Å². The van der Waals surface area contributed by atoms with E-state index in [-0.39, 0.29) is 5.41 Å². The topological polar surface area (TPSA) is 37.8 Å². The van der Waals surface area contributed by atoms with Gasteiger partial charge in [-0.25, -0.2) is 4.98 Å². The summed E-state index contributed by atoms with van der Waals surface area (Å²) in [6.07, 6.45) is 1.27. The predicted octanol–water partition coefficient (Wildman–Crippen LogP) is 2.66. The van der Waals surface area contributed by atoms with Gasteiger partial charge in [0.2, 0.25) is 5.13 Å². The Labute approximate surface area is 89.1 Å². The number of nitrogens with zero attached hydrogens (tertiary/aromatic N) is 2.